The first kappa shape index (κ1) is 20.0. The standard InChI is InChI=1S/C20H31FN4O2/c1-20(8-3-11-27-20)15-24-19(22-2)23-14-18(25-9-12-26-13-10-25)16-4-6-17(21)7-5-16/h4-7,18H,3,8-15H2,1-2H3,(H2,22,23,24). The summed E-state index contributed by atoms with van der Waals surface area (Å²) >= 11 is 0. The molecule has 2 saturated heterocycles. The van der Waals surface area contributed by atoms with Gasteiger partial charge in [0, 0.05) is 39.8 Å². The molecule has 2 unspecified atom stereocenters. The molecule has 27 heavy (non-hydrogen) atoms. The average Bonchev–Trinajstić information content (AvgIpc) is 3.13. The highest BCUT2D eigenvalue weighted by Gasteiger charge is 2.30. The minimum atomic E-state index is -0.213. The molecule has 150 valence electrons. The molecule has 2 atom stereocenters. The van der Waals surface area contributed by atoms with Crippen LogP contribution in [0.1, 0.15) is 31.4 Å². The minimum absolute atomic E-state index is 0.127. The fraction of sp³-hybridized carbons (Fsp3) is 0.650. The van der Waals surface area contributed by atoms with Crippen molar-refractivity contribution in [3.05, 3.63) is 35.6 Å². The maximum absolute atomic E-state index is 13.4. The van der Waals surface area contributed by atoms with E-state index in [-0.39, 0.29) is 17.5 Å². The van der Waals surface area contributed by atoms with Crippen LogP contribution in [-0.2, 0) is 9.47 Å². The van der Waals surface area contributed by atoms with Crippen LogP contribution in [0.5, 0.6) is 0 Å². The smallest absolute Gasteiger partial charge is 0.191 e. The molecule has 0 spiro atoms. The van der Waals surface area contributed by atoms with E-state index in [9.17, 15) is 4.39 Å². The summed E-state index contributed by atoms with van der Waals surface area (Å²) in [5, 5.41) is 6.81. The van der Waals surface area contributed by atoms with Crippen molar-refractivity contribution >= 4 is 5.96 Å². The average molecular weight is 378 g/mol. The zero-order valence-electron chi connectivity index (χ0n) is 16.3. The second-order valence-corrected chi connectivity index (χ2v) is 7.42. The van der Waals surface area contributed by atoms with E-state index in [0.717, 1.165) is 63.8 Å². The Kier molecular flexibility index (Phi) is 7.04. The largest absolute Gasteiger partial charge is 0.379 e. The second-order valence-electron chi connectivity index (χ2n) is 7.42. The summed E-state index contributed by atoms with van der Waals surface area (Å²) in [7, 11) is 1.77. The first-order chi connectivity index (χ1) is 13.1. The van der Waals surface area contributed by atoms with Gasteiger partial charge in [0.2, 0.25) is 0 Å². The van der Waals surface area contributed by atoms with Crippen LogP contribution in [0.3, 0.4) is 0 Å². The molecule has 2 aliphatic rings. The summed E-state index contributed by atoms with van der Waals surface area (Å²) in [6.45, 7) is 7.54. The fourth-order valence-electron chi connectivity index (χ4n) is 3.69. The van der Waals surface area contributed by atoms with Crippen LogP contribution in [0.15, 0.2) is 29.3 Å². The number of guanidine groups is 1. The fourth-order valence-corrected chi connectivity index (χ4v) is 3.69. The number of morpholine rings is 1. The van der Waals surface area contributed by atoms with Gasteiger partial charge in [-0.05, 0) is 37.5 Å². The van der Waals surface area contributed by atoms with Crippen molar-refractivity contribution in [1.82, 2.24) is 15.5 Å². The Morgan fingerprint density at radius 3 is 2.59 bits per heavy atom. The van der Waals surface area contributed by atoms with E-state index >= 15 is 0 Å². The lowest BCUT2D eigenvalue weighted by atomic mass is 10.0. The van der Waals surface area contributed by atoms with Gasteiger partial charge in [0.25, 0.3) is 0 Å². The van der Waals surface area contributed by atoms with Crippen LogP contribution in [-0.4, -0.2) is 69.5 Å². The van der Waals surface area contributed by atoms with Gasteiger partial charge in [-0.3, -0.25) is 9.89 Å². The molecule has 2 aliphatic heterocycles. The number of ether oxygens (including phenoxy) is 2. The SMILES string of the molecule is CN=C(NCC(c1ccc(F)cc1)N1CCOCC1)NCC1(C)CCCO1. The number of benzene rings is 1. The Morgan fingerprint density at radius 2 is 1.96 bits per heavy atom. The summed E-state index contributed by atoms with van der Waals surface area (Å²) in [6.07, 6.45) is 2.16. The maximum atomic E-state index is 13.4. The van der Waals surface area contributed by atoms with Crippen molar-refractivity contribution in [2.24, 2.45) is 4.99 Å². The molecule has 0 saturated carbocycles. The van der Waals surface area contributed by atoms with E-state index in [1.807, 2.05) is 12.1 Å². The molecule has 0 aromatic heterocycles. The summed E-state index contributed by atoms with van der Waals surface area (Å²) in [4.78, 5) is 6.71. The summed E-state index contributed by atoms with van der Waals surface area (Å²) < 4.78 is 24.7. The minimum Gasteiger partial charge on any atom is -0.379 e. The summed E-state index contributed by atoms with van der Waals surface area (Å²) in [6, 6.07) is 6.90. The zero-order chi connectivity index (χ0) is 19.1. The third-order valence-electron chi connectivity index (χ3n) is 5.36. The number of hydrogen-bond donors (Lipinski definition) is 2. The van der Waals surface area contributed by atoms with Crippen LogP contribution < -0.4 is 10.6 Å². The number of rotatable bonds is 6. The third-order valence-corrected chi connectivity index (χ3v) is 5.36. The summed E-state index contributed by atoms with van der Waals surface area (Å²) in [5.41, 5.74) is 0.963. The molecule has 1 aromatic rings. The van der Waals surface area contributed by atoms with Crippen molar-refractivity contribution in [2.75, 3.05) is 53.0 Å². The van der Waals surface area contributed by atoms with E-state index in [1.54, 1.807) is 7.05 Å². The van der Waals surface area contributed by atoms with Gasteiger partial charge in [-0.2, -0.15) is 0 Å². The molecule has 0 radical (unpaired) electrons. The van der Waals surface area contributed by atoms with Crippen molar-refractivity contribution in [1.29, 1.82) is 0 Å². The highest BCUT2D eigenvalue weighted by atomic mass is 19.1. The molecular weight excluding hydrogens is 347 g/mol. The van der Waals surface area contributed by atoms with Crippen LogP contribution in [0, 0.1) is 5.82 Å². The van der Waals surface area contributed by atoms with Gasteiger partial charge in [0.1, 0.15) is 5.82 Å². The molecule has 7 heteroatoms. The monoisotopic (exact) mass is 378 g/mol. The molecule has 2 heterocycles. The van der Waals surface area contributed by atoms with E-state index in [4.69, 9.17) is 9.47 Å². The van der Waals surface area contributed by atoms with Crippen molar-refractivity contribution in [3.8, 4) is 0 Å². The number of nitrogens with zero attached hydrogens (tertiary/aromatic N) is 2. The number of hydrogen-bond acceptors (Lipinski definition) is 4. The van der Waals surface area contributed by atoms with E-state index in [0.29, 0.717) is 6.54 Å². The number of halogens is 1. The van der Waals surface area contributed by atoms with E-state index in [1.165, 1.54) is 12.1 Å². The van der Waals surface area contributed by atoms with Gasteiger partial charge in [-0.25, -0.2) is 4.39 Å². The zero-order valence-corrected chi connectivity index (χ0v) is 16.3. The van der Waals surface area contributed by atoms with Crippen molar-refractivity contribution < 1.29 is 13.9 Å². The number of aliphatic imine (C=N–C) groups is 1. The van der Waals surface area contributed by atoms with Gasteiger partial charge in [-0.1, -0.05) is 12.1 Å². The Bertz CT molecular complexity index is 611. The topological polar surface area (TPSA) is 58.1 Å². The maximum Gasteiger partial charge on any atom is 0.191 e. The van der Waals surface area contributed by atoms with Gasteiger partial charge in [0.15, 0.2) is 5.96 Å². The van der Waals surface area contributed by atoms with Gasteiger partial charge < -0.3 is 20.1 Å². The first-order valence-electron chi connectivity index (χ1n) is 9.75. The van der Waals surface area contributed by atoms with Gasteiger partial charge >= 0.3 is 0 Å². The molecule has 2 fully saturated rings. The Balaban J connectivity index is 1.61. The lowest BCUT2D eigenvalue weighted by Gasteiger charge is -2.35. The Morgan fingerprint density at radius 1 is 1.22 bits per heavy atom. The molecular formula is C20H31FN4O2. The Hall–Kier alpha value is -1.70. The lowest BCUT2D eigenvalue weighted by Crippen LogP contribution is -2.49. The van der Waals surface area contributed by atoms with Crippen molar-refractivity contribution in [3.63, 3.8) is 0 Å². The molecule has 3 rings (SSSR count). The normalized spacial score (nSPS) is 25.4. The van der Waals surface area contributed by atoms with Crippen LogP contribution in [0.4, 0.5) is 4.39 Å². The predicted molar refractivity (Wildman–Crippen MR) is 104 cm³/mol. The van der Waals surface area contributed by atoms with Crippen molar-refractivity contribution in [2.45, 2.75) is 31.4 Å². The van der Waals surface area contributed by atoms with Crippen LogP contribution >= 0.6 is 0 Å². The molecule has 6 nitrogen and oxygen atoms in total. The van der Waals surface area contributed by atoms with E-state index < -0.39 is 0 Å². The molecule has 0 bridgehead atoms. The van der Waals surface area contributed by atoms with Gasteiger partial charge in [-0.15, -0.1) is 0 Å². The molecule has 2 N–H and O–H groups in total. The quantitative estimate of drug-likeness (QED) is 0.585. The number of nitrogens with one attached hydrogen (secondary N) is 2. The van der Waals surface area contributed by atoms with E-state index in [2.05, 4.69) is 27.4 Å². The first-order valence-corrected chi connectivity index (χ1v) is 9.75. The van der Waals surface area contributed by atoms with Crippen LogP contribution in [0.2, 0.25) is 0 Å². The highest BCUT2D eigenvalue weighted by molar-refractivity contribution is 5.79. The second kappa shape index (κ2) is 9.48. The molecule has 1 aromatic carbocycles. The van der Waals surface area contributed by atoms with Crippen LogP contribution in [0.25, 0.3) is 0 Å². The Labute approximate surface area is 161 Å². The van der Waals surface area contributed by atoms with Gasteiger partial charge in [0.05, 0.1) is 24.9 Å². The lowest BCUT2D eigenvalue weighted by molar-refractivity contribution is 0.0167. The third kappa shape index (κ3) is 5.64. The summed E-state index contributed by atoms with van der Waals surface area (Å²) in [5.74, 6) is 0.543. The molecule has 0 amide bonds. The predicted octanol–water partition coefficient (Wildman–Crippen LogP) is 1.93. The highest BCUT2D eigenvalue weighted by Crippen LogP contribution is 2.24. The molecule has 0 aliphatic carbocycles.